The van der Waals surface area contributed by atoms with Crippen LogP contribution in [0.4, 0.5) is 0 Å². The van der Waals surface area contributed by atoms with Crippen molar-refractivity contribution >= 4 is 21.6 Å². The minimum Gasteiger partial charge on any atom is -0.228 e. The predicted octanol–water partition coefficient (Wildman–Crippen LogP) is 4.97. The van der Waals surface area contributed by atoms with Crippen LogP contribution >= 0.6 is 11.8 Å². The van der Waals surface area contributed by atoms with Crippen LogP contribution in [0.3, 0.4) is 0 Å². The van der Waals surface area contributed by atoms with E-state index in [4.69, 9.17) is 0 Å². The van der Waals surface area contributed by atoms with Crippen LogP contribution < -0.4 is 0 Å². The molecule has 1 unspecified atom stereocenters. The largest absolute Gasteiger partial charge is 0.228 e. The van der Waals surface area contributed by atoms with Gasteiger partial charge in [-0.3, -0.25) is 0 Å². The first-order valence-corrected chi connectivity index (χ1v) is 10.8. The second-order valence-corrected chi connectivity index (χ2v) is 8.71. The van der Waals surface area contributed by atoms with Gasteiger partial charge in [0.25, 0.3) is 0 Å². The highest BCUT2D eigenvalue weighted by atomic mass is 32.3. The molecule has 0 heterocycles. The predicted molar refractivity (Wildman–Crippen MR) is 93.0 cm³/mol. The van der Waals surface area contributed by atoms with E-state index >= 15 is 0 Å². The molecule has 0 aliphatic heterocycles. The van der Waals surface area contributed by atoms with E-state index in [0.717, 1.165) is 6.42 Å². The zero-order valence-corrected chi connectivity index (χ0v) is 14.8. The van der Waals surface area contributed by atoms with Crippen molar-refractivity contribution in [1.29, 1.82) is 0 Å². The van der Waals surface area contributed by atoms with Gasteiger partial charge in [0.2, 0.25) is 0 Å². The lowest BCUT2D eigenvalue weighted by Gasteiger charge is -2.08. The molecule has 0 fully saturated rings. The summed E-state index contributed by atoms with van der Waals surface area (Å²) in [6, 6.07) is 0. The Hall–Kier alpha value is -0.220. The fraction of sp³-hybridized carbons (Fsp3) is 0.750. The van der Waals surface area contributed by atoms with Crippen molar-refractivity contribution in [3.05, 3.63) is 24.3 Å². The first-order valence-electron chi connectivity index (χ1n) is 7.55. The first kappa shape index (κ1) is 19.8. The van der Waals surface area contributed by atoms with Crippen molar-refractivity contribution < 1.29 is 8.42 Å². The lowest BCUT2D eigenvalue weighted by Crippen LogP contribution is -2.14. The van der Waals surface area contributed by atoms with Crippen molar-refractivity contribution in [2.45, 2.75) is 62.9 Å². The Kier molecular flexibility index (Phi) is 12.4. The van der Waals surface area contributed by atoms with Gasteiger partial charge >= 0.3 is 0 Å². The number of hydrogen-bond donors (Lipinski definition) is 0. The summed E-state index contributed by atoms with van der Waals surface area (Å²) in [4.78, 5) is 0. The number of hydrogen-bond acceptors (Lipinski definition) is 3. The molecule has 0 bridgehead atoms. The number of allylic oxidation sites excluding steroid dienone is 4. The molecule has 0 spiro atoms. The van der Waals surface area contributed by atoms with Gasteiger partial charge in [-0.25, -0.2) is 8.42 Å². The number of rotatable bonds is 12. The SMILES string of the molecule is CCCCCCCC/C=C/C=C/CC(SC)S(C)(=O)=O. The third-order valence-electron chi connectivity index (χ3n) is 3.18. The number of unbranched alkanes of at least 4 members (excludes halogenated alkanes) is 6. The summed E-state index contributed by atoms with van der Waals surface area (Å²) < 4.78 is 22.5. The van der Waals surface area contributed by atoms with E-state index in [-0.39, 0.29) is 4.58 Å². The van der Waals surface area contributed by atoms with Gasteiger partial charge in [0, 0.05) is 6.26 Å². The maximum Gasteiger partial charge on any atom is 0.159 e. The average molecular weight is 319 g/mol. The fourth-order valence-corrected chi connectivity index (χ4v) is 4.09. The van der Waals surface area contributed by atoms with Crippen LogP contribution in [0.25, 0.3) is 0 Å². The van der Waals surface area contributed by atoms with Gasteiger partial charge in [-0.05, 0) is 25.5 Å². The maximum absolute atomic E-state index is 11.4. The molecule has 0 rings (SSSR count). The summed E-state index contributed by atoms with van der Waals surface area (Å²) in [5.74, 6) is 0. The molecule has 0 aromatic carbocycles. The highest BCUT2D eigenvalue weighted by Gasteiger charge is 2.16. The monoisotopic (exact) mass is 318 g/mol. The zero-order chi connectivity index (χ0) is 15.3. The van der Waals surface area contributed by atoms with Gasteiger partial charge < -0.3 is 0 Å². The minimum atomic E-state index is -2.94. The quantitative estimate of drug-likeness (QED) is 0.376. The summed E-state index contributed by atoms with van der Waals surface area (Å²) in [5.41, 5.74) is 0. The lowest BCUT2D eigenvalue weighted by molar-refractivity contribution is 0.599. The van der Waals surface area contributed by atoms with Crippen LogP contribution in [0, 0.1) is 0 Å². The van der Waals surface area contributed by atoms with Crippen molar-refractivity contribution in [1.82, 2.24) is 0 Å². The van der Waals surface area contributed by atoms with Crippen LogP contribution in [-0.4, -0.2) is 25.5 Å². The fourth-order valence-electron chi connectivity index (χ4n) is 1.93. The third-order valence-corrected chi connectivity index (χ3v) is 6.67. The van der Waals surface area contributed by atoms with Gasteiger partial charge in [-0.1, -0.05) is 63.3 Å². The van der Waals surface area contributed by atoms with E-state index in [1.54, 1.807) is 0 Å². The molecule has 4 heteroatoms. The molecule has 0 aromatic rings. The van der Waals surface area contributed by atoms with Crippen molar-refractivity contribution in [3.63, 3.8) is 0 Å². The standard InChI is InChI=1S/C16H30O2S2/c1-4-5-6-7-8-9-10-11-12-13-14-15-16(19-2)20(3,17)18/h11-14,16H,4-10,15H2,1-3H3/b12-11+,14-13+. The Bertz CT molecular complexity index is 370. The third kappa shape index (κ3) is 11.6. The van der Waals surface area contributed by atoms with Gasteiger partial charge in [0.05, 0.1) is 0 Å². The van der Waals surface area contributed by atoms with Crippen LogP contribution in [0.5, 0.6) is 0 Å². The molecular formula is C16H30O2S2. The van der Waals surface area contributed by atoms with E-state index in [2.05, 4.69) is 13.0 Å². The summed E-state index contributed by atoms with van der Waals surface area (Å²) in [6.45, 7) is 2.24. The molecule has 0 aromatic heterocycles. The van der Waals surface area contributed by atoms with Crippen molar-refractivity contribution in [2.24, 2.45) is 0 Å². The maximum atomic E-state index is 11.4. The van der Waals surface area contributed by atoms with Crippen LogP contribution in [0.2, 0.25) is 0 Å². The molecule has 118 valence electrons. The molecule has 0 aliphatic rings. The molecule has 0 saturated heterocycles. The van der Waals surface area contributed by atoms with E-state index in [1.807, 2.05) is 24.5 Å². The van der Waals surface area contributed by atoms with Crippen molar-refractivity contribution in [2.75, 3.05) is 12.5 Å². The summed E-state index contributed by atoms with van der Waals surface area (Å²) in [6.07, 6.45) is 20.9. The Labute approximate surface area is 130 Å². The molecule has 20 heavy (non-hydrogen) atoms. The average Bonchev–Trinajstić information content (AvgIpc) is 2.38. The molecule has 1 atom stereocenters. The number of thioether (sulfide) groups is 1. The molecule has 0 amide bonds. The van der Waals surface area contributed by atoms with E-state index < -0.39 is 9.84 Å². The highest BCUT2D eigenvalue weighted by molar-refractivity contribution is 8.12. The first-order chi connectivity index (χ1) is 9.52. The highest BCUT2D eigenvalue weighted by Crippen LogP contribution is 2.17. The Morgan fingerprint density at radius 1 is 1.00 bits per heavy atom. The molecule has 2 nitrogen and oxygen atoms in total. The van der Waals surface area contributed by atoms with Crippen LogP contribution in [0.1, 0.15) is 58.3 Å². The van der Waals surface area contributed by atoms with E-state index in [9.17, 15) is 8.42 Å². The summed E-state index contributed by atoms with van der Waals surface area (Å²) >= 11 is 1.39. The molecule has 0 aliphatic carbocycles. The second-order valence-electron chi connectivity index (χ2n) is 5.14. The van der Waals surface area contributed by atoms with Gasteiger partial charge in [-0.2, -0.15) is 0 Å². The second kappa shape index (κ2) is 12.5. The summed E-state index contributed by atoms with van der Waals surface area (Å²) in [5, 5.41) is 0. The zero-order valence-electron chi connectivity index (χ0n) is 13.2. The van der Waals surface area contributed by atoms with Gasteiger partial charge in [-0.15, -0.1) is 11.8 Å². The smallest absolute Gasteiger partial charge is 0.159 e. The van der Waals surface area contributed by atoms with Crippen LogP contribution in [-0.2, 0) is 9.84 Å². The van der Waals surface area contributed by atoms with E-state index in [0.29, 0.717) is 6.42 Å². The lowest BCUT2D eigenvalue weighted by atomic mass is 10.1. The number of sulfone groups is 1. The normalized spacial score (nSPS) is 14.3. The molecular weight excluding hydrogens is 288 g/mol. The topological polar surface area (TPSA) is 34.1 Å². The Morgan fingerprint density at radius 3 is 2.20 bits per heavy atom. The van der Waals surface area contributed by atoms with E-state index in [1.165, 1.54) is 56.5 Å². The molecule has 0 saturated carbocycles. The Morgan fingerprint density at radius 2 is 1.60 bits per heavy atom. The van der Waals surface area contributed by atoms with Gasteiger partial charge in [0.15, 0.2) is 9.84 Å². The Balaban J connectivity index is 3.66. The molecule has 0 N–H and O–H groups in total. The van der Waals surface area contributed by atoms with Gasteiger partial charge in [0.1, 0.15) is 4.58 Å². The molecule has 0 radical (unpaired) electrons. The van der Waals surface area contributed by atoms with Crippen molar-refractivity contribution in [3.8, 4) is 0 Å². The summed E-state index contributed by atoms with van der Waals surface area (Å²) in [7, 11) is -2.94. The minimum absolute atomic E-state index is 0.314. The van der Waals surface area contributed by atoms with Crippen LogP contribution in [0.15, 0.2) is 24.3 Å².